The first kappa shape index (κ1) is 15.7. The van der Waals surface area contributed by atoms with Crippen LogP contribution >= 0.6 is 22.9 Å². The lowest BCUT2D eigenvalue weighted by molar-refractivity contribution is 0.700. The lowest BCUT2D eigenvalue weighted by Gasteiger charge is -2.14. The molecule has 4 nitrogen and oxygen atoms in total. The Morgan fingerprint density at radius 2 is 1.83 bits per heavy atom. The van der Waals surface area contributed by atoms with E-state index in [9.17, 15) is 0 Å². The van der Waals surface area contributed by atoms with Gasteiger partial charge in [-0.3, -0.25) is 0 Å². The summed E-state index contributed by atoms with van der Waals surface area (Å²) in [6.07, 6.45) is 4.74. The fourth-order valence-corrected chi connectivity index (χ4v) is 4.68. The molecule has 0 atom stereocenters. The lowest BCUT2D eigenvalue weighted by atomic mass is 9.97. The topological polar surface area (TPSA) is 41.0 Å². The third kappa shape index (κ3) is 2.82. The second kappa shape index (κ2) is 6.22. The summed E-state index contributed by atoms with van der Waals surface area (Å²) < 4.78 is 0. The molecule has 1 aliphatic carbocycles. The van der Waals surface area contributed by atoms with Crippen molar-refractivity contribution < 1.29 is 0 Å². The minimum Gasteiger partial charge on any atom is -0.378 e. The molecular formula is C18H19ClN4S. The summed E-state index contributed by atoms with van der Waals surface area (Å²) >= 11 is 7.92. The van der Waals surface area contributed by atoms with Gasteiger partial charge >= 0.3 is 0 Å². The zero-order chi connectivity index (χ0) is 16.7. The van der Waals surface area contributed by atoms with E-state index >= 15 is 0 Å². The van der Waals surface area contributed by atoms with Gasteiger partial charge in [-0.15, -0.1) is 11.3 Å². The molecular weight excluding hydrogens is 340 g/mol. The predicted octanol–water partition coefficient (Wildman–Crippen LogP) is 5.03. The number of aryl methyl sites for hydroxylation is 2. The van der Waals surface area contributed by atoms with Crippen LogP contribution in [0.25, 0.3) is 10.2 Å². The minimum atomic E-state index is 0.300. The molecule has 2 aromatic heterocycles. The second-order valence-corrected chi connectivity index (χ2v) is 7.72. The van der Waals surface area contributed by atoms with Crippen LogP contribution in [0.15, 0.2) is 24.3 Å². The van der Waals surface area contributed by atoms with Crippen LogP contribution in [0.5, 0.6) is 0 Å². The van der Waals surface area contributed by atoms with E-state index < -0.39 is 0 Å². The number of anilines is 3. The van der Waals surface area contributed by atoms with Gasteiger partial charge in [-0.1, -0.05) is 0 Å². The van der Waals surface area contributed by atoms with E-state index in [0.717, 1.165) is 34.6 Å². The Kier molecular flexibility index (Phi) is 4.06. The van der Waals surface area contributed by atoms with Gasteiger partial charge in [0.1, 0.15) is 10.6 Å². The number of halogens is 1. The van der Waals surface area contributed by atoms with Gasteiger partial charge in [0.2, 0.25) is 5.28 Å². The highest BCUT2D eigenvalue weighted by Crippen LogP contribution is 2.39. The monoisotopic (exact) mass is 358 g/mol. The van der Waals surface area contributed by atoms with Crippen LogP contribution in [-0.2, 0) is 12.8 Å². The first-order valence-corrected chi connectivity index (χ1v) is 9.33. The second-order valence-electron chi connectivity index (χ2n) is 6.30. The number of aromatic nitrogens is 2. The molecule has 0 aliphatic heterocycles. The highest BCUT2D eigenvalue weighted by molar-refractivity contribution is 7.19. The number of thiophene rings is 1. The molecule has 0 fully saturated rings. The summed E-state index contributed by atoms with van der Waals surface area (Å²) in [5.41, 5.74) is 3.58. The Hall–Kier alpha value is -1.85. The van der Waals surface area contributed by atoms with Crippen molar-refractivity contribution in [1.29, 1.82) is 0 Å². The van der Waals surface area contributed by atoms with E-state index in [-0.39, 0.29) is 0 Å². The van der Waals surface area contributed by atoms with Crippen LogP contribution in [0, 0.1) is 0 Å². The molecule has 2 heterocycles. The molecule has 0 spiro atoms. The van der Waals surface area contributed by atoms with Crippen molar-refractivity contribution in [2.24, 2.45) is 0 Å². The molecule has 6 heteroatoms. The third-order valence-corrected chi connectivity index (χ3v) is 5.79. The zero-order valence-electron chi connectivity index (χ0n) is 13.8. The average Bonchev–Trinajstić information content (AvgIpc) is 2.93. The SMILES string of the molecule is CN(C)c1ccc(Nc2nc(Cl)nc3sc4c(c23)CCCC4)cc1. The van der Waals surface area contributed by atoms with Crippen molar-refractivity contribution in [2.45, 2.75) is 25.7 Å². The third-order valence-electron chi connectivity index (χ3n) is 4.43. The van der Waals surface area contributed by atoms with Crippen LogP contribution < -0.4 is 10.2 Å². The predicted molar refractivity (Wildman–Crippen MR) is 103 cm³/mol. The van der Waals surface area contributed by atoms with Crippen LogP contribution in [0.2, 0.25) is 5.28 Å². The van der Waals surface area contributed by atoms with Crippen molar-refractivity contribution in [3.8, 4) is 0 Å². The molecule has 0 saturated carbocycles. The molecule has 3 aromatic rings. The van der Waals surface area contributed by atoms with Gasteiger partial charge in [0.05, 0.1) is 5.39 Å². The molecule has 124 valence electrons. The van der Waals surface area contributed by atoms with Crippen molar-refractivity contribution in [2.75, 3.05) is 24.3 Å². The largest absolute Gasteiger partial charge is 0.378 e. The van der Waals surface area contributed by atoms with Gasteiger partial charge in [-0.2, -0.15) is 4.98 Å². The molecule has 0 saturated heterocycles. The van der Waals surface area contributed by atoms with Gasteiger partial charge in [-0.05, 0) is 67.1 Å². The van der Waals surface area contributed by atoms with Crippen LogP contribution in [0.4, 0.5) is 17.2 Å². The van der Waals surface area contributed by atoms with Crippen molar-refractivity contribution in [3.05, 3.63) is 40.0 Å². The molecule has 24 heavy (non-hydrogen) atoms. The summed E-state index contributed by atoms with van der Waals surface area (Å²) in [4.78, 5) is 13.4. The van der Waals surface area contributed by atoms with Crippen LogP contribution in [0.1, 0.15) is 23.3 Å². The maximum atomic E-state index is 6.16. The Labute approximate surface area is 150 Å². The smallest absolute Gasteiger partial charge is 0.225 e. The first-order chi connectivity index (χ1) is 11.6. The molecule has 1 aromatic carbocycles. The maximum Gasteiger partial charge on any atom is 0.225 e. The molecule has 4 rings (SSSR count). The van der Waals surface area contributed by atoms with Gasteiger partial charge in [0.25, 0.3) is 0 Å². The average molecular weight is 359 g/mol. The first-order valence-electron chi connectivity index (χ1n) is 8.14. The number of hydrogen-bond donors (Lipinski definition) is 1. The van der Waals surface area contributed by atoms with E-state index in [4.69, 9.17) is 11.6 Å². The molecule has 1 N–H and O–H groups in total. The van der Waals surface area contributed by atoms with E-state index in [2.05, 4.69) is 44.5 Å². The number of rotatable bonds is 3. The summed E-state index contributed by atoms with van der Waals surface area (Å²) in [6, 6.07) is 8.31. The van der Waals surface area contributed by atoms with Gasteiger partial charge < -0.3 is 10.2 Å². The Morgan fingerprint density at radius 1 is 1.08 bits per heavy atom. The van der Waals surface area contributed by atoms with Crippen molar-refractivity contribution >= 4 is 50.3 Å². The summed E-state index contributed by atoms with van der Waals surface area (Å²) in [5, 5.41) is 4.89. The quantitative estimate of drug-likeness (QED) is 0.666. The number of benzene rings is 1. The fourth-order valence-electron chi connectivity index (χ4n) is 3.20. The normalized spacial score (nSPS) is 13.8. The molecule has 0 amide bonds. The fraction of sp³-hybridized carbons (Fsp3) is 0.333. The minimum absolute atomic E-state index is 0.300. The van der Waals surface area contributed by atoms with Crippen LogP contribution in [-0.4, -0.2) is 24.1 Å². The molecule has 0 unspecified atom stereocenters. The number of nitrogens with one attached hydrogen (secondary N) is 1. The molecule has 0 radical (unpaired) electrons. The van der Waals surface area contributed by atoms with E-state index in [1.165, 1.54) is 29.0 Å². The van der Waals surface area contributed by atoms with Gasteiger partial charge in [0, 0.05) is 30.3 Å². The molecule has 1 aliphatic rings. The van der Waals surface area contributed by atoms with Crippen molar-refractivity contribution in [3.63, 3.8) is 0 Å². The van der Waals surface area contributed by atoms with E-state index in [1.54, 1.807) is 11.3 Å². The van der Waals surface area contributed by atoms with E-state index in [1.807, 2.05) is 14.1 Å². The van der Waals surface area contributed by atoms with E-state index in [0.29, 0.717) is 5.28 Å². The number of fused-ring (bicyclic) bond motifs is 3. The van der Waals surface area contributed by atoms with Crippen molar-refractivity contribution in [1.82, 2.24) is 9.97 Å². The maximum absolute atomic E-state index is 6.16. The molecule has 0 bridgehead atoms. The Morgan fingerprint density at radius 3 is 2.58 bits per heavy atom. The van der Waals surface area contributed by atoms with Gasteiger partial charge in [0.15, 0.2) is 0 Å². The zero-order valence-corrected chi connectivity index (χ0v) is 15.3. The summed E-state index contributed by atoms with van der Waals surface area (Å²) in [6.45, 7) is 0. The summed E-state index contributed by atoms with van der Waals surface area (Å²) in [7, 11) is 4.07. The standard InChI is InChI=1S/C18H19ClN4S/c1-23(2)12-9-7-11(8-10-12)20-16-15-13-5-3-4-6-14(13)24-17(15)22-18(19)21-16/h7-10H,3-6H2,1-2H3,(H,20,21,22). The van der Waals surface area contributed by atoms with Crippen LogP contribution in [0.3, 0.4) is 0 Å². The Bertz CT molecular complexity index is 886. The number of nitrogens with zero attached hydrogens (tertiary/aromatic N) is 3. The number of hydrogen-bond acceptors (Lipinski definition) is 5. The summed E-state index contributed by atoms with van der Waals surface area (Å²) in [5.74, 6) is 0.821. The lowest BCUT2D eigenvalue weighted by Crippen LogP contribution is -2.08. The highest BCUT2D eigenvalue weighted by atomic mass is 35.5. The van der Waals surface area contributed by atoms with Gasteiger partial charge in [-0.25, -0.2) is 4.98 Å². The highest BCUT2D eigenvalue weighted by Gasteiger charge is 2.21. The Balaban J connectivity index is 1.76.